The van der Waals surface area contributed by atoms with Crippen LogP contribution in [-0.2, 0) is 6.42 Å². The Morgan fingerprint density at radius 3 is 2.38 bits per heavy atom. The average Bonchev–Trinajstić information content (AvgIpc) is 2.24. The first-order chi connectivity index (χ1) is 7.55. The lowest BCUT2D eigenvalue weighted by Gasteiger charge is -2.22. The van der Waals surface area contributed by atoms with Crippen LogP contribution in [0.25, 0.3) is 0 Å². The van der Waals surface area contributed by atoms with E-state index in [9.17, 15) is 0 Å². The molecule has 2 rings (SSSR count). The Bertz CT molecular complexity index is 416. The number of rotatable bonds is 2. The van der Waals surface area contributed by atoms with Gasteiger partial charge in [-0.15, -0.1) is 0 Å². The molecule has 0 spiro atoms. The van der Waals surface area contributed by atoms with E-state index in [4.69, 9.17) is 0 Å². The summed E-state index contributed by atoms with van der Waals surface area (Å²) >= 11 is 0. The van der Waals surface area contributed by atoms with E-state index in [1.165, 1.54) is 16.7 Å². The standard InChI is InChI=1S/C16H20/c1-13-4-6-14(7-5-13)12-15-8-10-16(2,3)11-9-15/h4-10H,11-12H2,1-3H3. The summed E-state index contributed by atoms with van der Waals surface area (Å²) in [6.07, 6.45) is 9.21. The van der Waals surface area contributed by atoms with Crippen molar-refractivity contribution in [2.24, 2.45) is 5.41 Å². The van der Waals surface area contributed by atoms with Crippen molar-refractivity contribution in [3.63, 3.8) is 0 Å². The zero-order valence-electron chi connectivity index (χ0n) is 10.5. The summed E-state index contributed by atoms with van der Waals surface area (Å²) in [6, 6.07) is 8.83. The smallest absolute Gasteiger partial charge is 0.00290 e. The molecule has 1 aromatic rings. The summed E-state index contributed by atoms with van der Waals surface area (Å²) in [5, 5.41) is 0. The minimum absolute atomic E-state index is 0.344. The molecule has 0 heterocycles. The highest BCUT2D eigenvalue weighted by Gasteiger charge is 2.15. The number of hydrogen-bond donors (Lipinski definition) is 0. The zero-order valence-corrected chi connectivity index (χ0v) is 10.5. The first-order valence-electron chi connectivity index (χ1n) is 5.99. The fourth-order valence-corrected chi connectivity index (χ4v) is 1.94. The third kappa shape index (κ3) is 2.85. The Morgan fingerprint density at radius 2 is 1.81 bits per heavy atom. The van der Waals surface area contributed by atoms with Crippen LogP contribution in [-0.4, -0.2) is 0 Å². The van der Waals surface area contributed by atoms with Crippen molar-refractivity contribution in [3.05, 3.63) is 59.2 Å². The number of benzene rings is 1. The number of allylic oxidation sites excluding steroid dienone is 4. The minimum atomic E-state index is 0.344. The van der Waals surface area contributed by atoms with Crippen LogP contribution in [0.5, 0.6) is 0 Å². The maximum atomic E-state index is 2.37. The highest BCUT2D eigenvalue weighted by atomic mass is 14.2. The van der Waals surface area contributed by atoms with Crippen LogP contribution >= 0.6 is 0 Å². The molecule has 0 amide bonds. The number of aryl methyl sites for hydroxylation is 1. The Hall–Kier alpha value is -1.30. The van der Waals surface area contributed by atoms with Crippen LogP contribution in [0.15, 0.2) is 48.1 Å². The topological polar surface area (TPSA) is 0 Å². The molecule has 0 bridgehead atoms. The molecule has 1 aliphatic rings. The Morgan fingerprint density at radius 1 is 1.12 bits per heavy atom. The second-order valence-corrected chi connectivity index (χ2v) is 5.47. The highest BCUT2D eigenvalue weighted by molar-refractivity contribution is 5.33. The van der Waals surface area contributed by atoms with E-state index >= 15 is 0 Å². The van der Waals surface area contributed by atoms with Gasteiger partial charge in [0, 0.05) is 0 Å². The van der Waals surface area contributed by atoms with E-state index in [-0.39, 0.29) is 0 Å². The predicted octanol–water partition coefficient (Wildman–Crippen LogP) is 4.45. The van der Waals surface area contributed by atoms with Crippen molar-refractivity contribution < 1.29 is 0 Å². The summed E-state index contributed by atoms with van der Waals surface area (Å²) in [7, 11) is 0. The molecule has 0 heteroatoms. The van der Waals surface area contributed by atoms with Crippen LogP contribution in [0.4, 0.5) is 0 Å². The molecule has 0 unspecified atom stereocenters. The van der Waals surface area contributed by atoms with E-state index in [2.05, 4.69) is 63.3 Å². The molecule has 0 atom stereocenters. The molecule has 0 nitrogen and oxygen atoms in total. The molecule has 0 N–H and O–H groups in total. The molecule has 1 aromatic carbocycles. The summed E-state index contributed by atoms with van der Waals surface area (Å²) in [5.74, 6) is 0. The van der Waals surface area contributed by atoms with Crippen LogP contribution in [0, 0.1) is 12.3 Å². The normalized spacial score (nSPS) is 18.3. The van der Waals surface area contributed by atoms with Crippen molar-refractivity contribution >= 4 is 0 Å². The third-order valence-corrected chi connectivity index (χ3v) is 3.17. The van der Waals surface area contributed by atoms with E-state index in [0.29, 0.717) is 5.41 Å². The summed E-state index contributed by atoms with van der Waals surface area (Å²) < 4.78 is 0. The Kier molecular flexibility index (Phi) is 3.00. The van der Waals surface area contributed by atoms with Crippen molar-refractivity contribution in [1.82, 2.24) is 0 Å². The second-order valence-electron chi connectivity index (χ2n) is 5.47. The van der Waals surface area contributed by atoms with E-state index in [1.807, 2.05) is 0 Å². The maximum absolute atomic E-state index is 2.37. The van der Waals surface area contributed by atoms with Crippen LogP contribution in [0.3, 0.4) is 0 Å². The van der Waals surface area contributed by atoms with Crippen LogP contribution < -0.4 is 0 Å². The predicted molar refractivity (Wildman–Crippen MR) is 70.5 cm³/mol. The summed E-state index contributed by atoms with van der Waals surface area (Å²) in [6.45, 7) is 6.69. The number of hydrogen-bond acceptors (Lipinski definition) is 0. The van der Waals surface area contributed by atoms with Crippen molar-refractivity contribution in [3.8, 4) is 0 Å². The molecule has 16 heavy (non-hydrogen) atoms. The minimum Gasteiger partial charge on any atom is -0.0801 e. The Labute approximate surface area is 98.7 Å². The highest BCUT2D eigenvalue weighted by Crippen LogP contribution is 2.29. The molecular formula is C16H20. The van der Waals surface area contributed by atoms with Gasteiger partial charge in [-0.2, -0.15) is 0 Å². The van der Waals surface area contributed by atoms with E-state index in [0.717, 1.165) is 12.8 Å². The molecule has 1 aliphatic carbocycles. The first-order valence-corrected chi connectivity index (χ1v) is 5.99. The molecular weight excluding hydrogens is 192 g/mol. The molecule has 0 saturated heterocycles. The van der Waals surface area contributed by atoms with Gasteiger partial charge < -0.3 is 0 Å². The lowest BCUT2D eigenvalue weighted by atomic mass is 9.83. The van der Waals surface area contributed by atoms with Crippen LogP contribution in [0.2, 0.25) is 0 Å². The van der Waals surface area contributed by atoms with Gasteiger partial charge in [0.25, 0.3) is 0 Å². The maximum Gasteiger partial charge on any atom is -0.00290 e. The van der Waals surface area contributed by atoms with Gasteiger partial charge in [0.2, 0.25) is 0 Å². The quantitative estimate of drug-likeness (QED) is 0.679. The van der Waals surface area contributed by atoms with Gasteiger partial charge in [0.15, 0.2) is 0 Å². The molecule has 0 fully saturated rings. The average molecular weight is 212 g/mol. The fourth-order valence-electron chi connectivity index (χ4n) is 1.94. The van der Waals surface area contributed by atoms with Gasteiger partial charge >= 0.3 is 0 Å². The van der Waals surface area contributed by atoms with Gasteiger partial charge in [-0.3, -0.25) is 0 Å². The lowest BCUT2D eigenvalue weighted by Crippen LogP contribution is -2.09. The van der Waals surface area contributed by atoms with Gasteiger partial charge in [-0.1, -0.05) is 61.9 Å². The molecule has 0 aliphatic heterocycles. The Balaban J connectivity index is 2.05. The molecule has 0 aromatic heterocycles. The van der Waals surface area contributed by atoms with E-state index < -0.39 is 0 Å². The SMILES string of the molecule is Cc1ccc(CC2=CCC(C)(C)C=C2)cc1. The molecule has 0 saturated carbocycles. The van der Waals surface area contributed by atoms with Gasteiger partial charge in [0.1, 0.15) is 0 Å². The third-order valence-electron chi connectivity index (χ3n) is 3.17. The monoisotopic (exact) mass is 212 g/mol. The fraction of sp³-hybridized carbons (Fsp3) is 0.375. The van der Waals surface area contributed by atoms with Crippen molar-refractivity contribution in [1.29, 1.82) is 0 Å². The van der Waals surface area contributed by atoms with Gasteiger partial charge in [-0.05, 0) is 36.3 Å². The van der Waals surface area contributed by atoms with Gasteiger partial charge in [0.05, 0.1) is 0 Å². The van der Waals surface area contributed by atoms with Crippen molar-refractivity contribution in [2.75, 3.05) is 0 Å². The first kappa shape index (κ1) is 11.2. The van der Waals surface area contributed by atoms with E-state index in [1.54, 1.807) is 0 Å². The van der Waals surface area contributed by atoms with Crippen LogP contribution in [0.1, 0.15) is 31.4 Å². The second kappa shape index (κ2) is 4.29. The molecule has 0 radical (unpaired) electrons. The largest absolute Gasteiger partial charge is 0.0801 e. The molecule has 84 valence electrons. The van der Waals surface area contributed by atoms with Gasteiger partial charge in [-0.25, -0.2) is 0 Å². The summed E-state index contributed by atoms with van der Waals surface area (Å²) in [4.78, 5) is 0. The lowest BCUT2D eigenvalue weighted by molar-refractivity contribution is 0.481. The zero-order chi connectivity index (χ0) is 11.6. The summed E-state index contributed by atoms with van der Waals surface area (Å²) in [5.41, 5.74) is 4.53. The van der Waals surface area contributed by atoms with Crippen molar-refractivity contribution in [2.45, 2.75) is 33.6 Å².